The molecule has 1 atom stereocenters. The van der Waals surface area contributed by atoms with E-state index in [1.165, 1.54) is 11.3 Å². The van der Waals surface area contributed by atoms with E-state index in [-0.39, 0.29) is 0 Å². The molecule has 0 radical (unpaired) electrons. The van der Waals surface area contributed by atoms with E-state index in [2.05, 4.69) is 10.3 Å². The molecule has 5 nitrogen and oxygen atoms in total. The fourth-order valence-corrected chi connectivity index (χ4v) is 2.11. The Labute approximate surface area is 109 Å². The maximum absolute atomic E-state index is 11.4. The lowest BCUT2D eigenvalue weighted by Gasteiger charge is -2.15. The lowest BCUT2D eigenvalue weighted by molar-refractivity contribution is -0.118. The highest BCUT2D eigenvalue weighted by molar-refractivity contribution is 7.07. The zero-order valence-corrected chi connectivity index (χ0v) is 10.6. The summed E-state index contributed by atoms with van der Waals surface area (Å²) in [6.45, 7) is 0. The van der Waals surface area contributed by atoms with Crippen LogP contribution in [0.1, 0.15) is 11.7 Å². The highest BCUT2D eigenvalue weighted by Gasteiger charge is 2.19. The first-order chi connectivity index (χ1) is 8.70. The number of amides is 1. The van der Waals surface area contributed by atoms with Gasteiger partial charge in [0.25, 0.3) is 0 Å². The Kier molecular flexibility index (Phi) is 3.78. The Bertz CT molecular complexity index is 528. The van der Waals surface area contributed by atoms with Crippen molar-refractivity contribution in [1.82, 2.24) is 4.98 Å². The molecule has 2 aromatic rings. The summed E-state index contributed by atoms with van der Waals surface area (Å²) in [7, 11) is 1.59. The molecule has 3 N–H and O–H groups in total. The topological polar surface area (TPSA) is 77.2 Å². The van der Waals surface area contributed by atoms with Crippen molar-refractivity contribution >= 4 is 22.9 Å². The van der Waals surface area contributed by atoms with Crippen LogP contribution in [-0.4, -0.2) is 18.0 Å². The first-order valence-corrected chi connectivity index (χ1v) is 6.23. The number of aromatic nitrogens is 1. The molecule has 0 spiro atoms. The molecule has 6 heteroatoms. The minimum atomic E-state index is -0.636. The Morgan fingerprint density at radius 1 is 1.56 bits per heavy atom. The molecule has 0 aliphatic rings. The molecule has 1 aromatic carbocycles. The number of methoxy groups -OCH3 is 1. The van der Waals surface area contributed by atoms with E-state index < -0.39 is 11.9 Å². The van der Waals surface area contributed by atoms with Crippen LogP contribution in [0.25, 0.3) is 0 Å². The molecule has 1 aromatic heterocycles. The first-order valence-electron chi connectivity index (χ1n) is 5.28. The maximum atomic E-state index is 11.4. The van der Waals surface area contributed by atoms with E-state index in [9.17, 15) is 4.79 Å². The normalized spacial score (nSPS) is 11.8. The number of hydrogen-bond acceptors (Lipinski definition) is 5. The van der Waals surface area contributed by atoms with Crippen LogP contribution in [0.2, 0.25) is 0 Å². The van der Waals surface area contributed by atoms with Gasteiger partial charge in [-0.1, -0.05) is 6.07 Å². The van der Waals surface area contributed by atoms with Crippen LogP contribution in [0.3, 0.4) is 0 Å². The first kappa shape index (κ1) is 12.4. The van der Waals surface area contributed by atoms with Crippen LogP contribution < -0.4 is 15.8 Å². The number of carbonyl (C=O) groups is 1. The van der Waals surface area contributed by atoms with Gasteiger partial charge in [-0.2, -0.15) is 0 Å². The van der Waals surface area contributed by atoms with E-state index in [0.29, 0.717) is 11.4 Å². The van der Waals surface area contributed by atoms with Gasteiger partial charge in [-0.3, -0.25) is 4.79 Å². The molecular formula is C12H13N3O2S. The monoisotopic (exact) mass is 263 g/mol. The van der Waals surface area contributed by atoms with Crippen molar-refractivity contribution in [3.05, 3.63) is 40.8 Å². The molecular weight excluding hydrogens is 250 g/mol. The molecule has 1 amide bonds. The van der Waals surface area contributed by atoms with Gasteiger partial charge in [0.15, 0.2) is 0 Å². The number of rotatable bonds is 5. The standard InChI is InChI=1S/C12H13N3O2S/c1-17-9-4-2-3-8(5-9)15-11(12(13)16)10-6-18-7-14-10/h2-7,11,15H,1H3,(H2,13,16). The summed E-state index contributed by atoms with van der Waals surface area (Å²) in [5, 5.41) is 4.84. The van der Waals surface area contributed by atoms with Gasteiger partial charge < -0.3 is 15.8 Å². The number of primary amides is 1. The van der Waals surface area contributed by atoms with Crippen LogP contribution in [0.5, 0.6) is 5.75 Å². The predicted molar refractivity (Wildman–Crippen MR) is 70.7 cm³/mol. The zero-order valence-electron chi connectivity index (χ0n) is 9.79. The Balaban J connectivity index is 2.21. The maximum Gasteiger partial charge on any atom is 0.246 e. The summed E-state index contributed by atoms with van der Waals surface area (Å²) in [5.41, 5.74) is 8.42. The summed E-state index contributed by atoms with van der Waals surface area (Å²) >= 11 is 1.42. The Morgan fingerprint density at radius 3 is 3.00 bits per heavy atom. The second kappa shape index (κ2) is 5.50. The summed E-state index contributed by atoms with van der Waals surface area (Å²) in [4.78, 5) is 15.6. The van der Waals surface area contributed by atoms with Crippen molar-refractivity contribution in [3.63, 3.8) is 0 Å². The van der Waals surface area contributed by atoms with Gasteiger partial charge in [-0.05, 0) is 12.1 Å². The number of hydrogen-bond donors (Lipinski definition) is 2. The SMILES string of the molecule is COc1cccc(NC(C(N)=O)c2cscn2)c1. The average Bonchev–Trinajstić information content (AvgIpc) is 2.89. The fraction of sp³-hybridized carbons (Fsp3) is 0.167. The van der Waals surface area contributed by atoms with Crippen molar-refractivity contribution in [3.8, 4) is 5.75 Å². The summed E-state index contributed by atoms with van der Waals surface area (Å²) < 4.78 is 5.12. The highest BCUT2D eigenvalue weighted by atomic mass is 32.1. The van der Waals surface area contributed by atoms with Crippen LogP contribution in [0.4, 0.5) is 5.69 Å². The minimum Gasteiger partial charge on any atom is -0.497 e. The van der Waals surface area contributed by atoms with E-state index in [1.54, 1.807) is 24.1 Å². The number of benzene rings is 1. The minimum absolute atomic E-state index is 0.469. The second-order valence-electron chi connectivity index (χ2n) is 3.62. The van der Waals surface area contributed by atoms with E-state index in [1.807, 2.05) is 18.2 Å². The molecule has 0 fully saturated rings. The zero-order chi connectivity index (χ0) is 13.0. The molecule has 0 aliphatic heterocycles. The van der Waals surface area contributed by atoms with Gasteiger partial charge in [0, 0.05) is 17.1 Å². The number of thiazole rings is 1. The number of nitrogens with one attached hydrogen (secondary N) is 1. The largest absolute Gasteiger partial charge is 0.497 e. The number of nitrogens with two attached hydrogens (primary N) is 1. The van der Waals surface area contributed by atoms with Gasteiger partial charge in [0.1, 0.15) is 11.8 Å². The molecule has 0 bridgehead atoms. The van der Waals surface area contributed by atoms with Gasteiger partial charge in [0.05, 0.1) is 18.3 Å². The molecule has 1 heterocycles. The van der Waals surface area contributed by atoms with Crippen molar-refractivity contribution in [2.45, 2.75) is 6.04 Å². The smallest absolute Gasteiger partial charge is 0.246 e. The highest BCUT2D eigenvalue weighted by Crippen LogP contribution is 2.22. The van der Waals surface area contributed by atoms with Crippen LogP contribution in [0.15, 0.2) is 35.2 Å². The summed E-state index contributed by atoms with van der Waals surface area (Å²) in [5.74, 6) is 0.241. The molecule has 1 unspecified atom stereocenters. The fourth-order valence-electron chi connectivity index (χ4n) is 1.53. The lowest BCUT2D eigenvalue weighted by Crippen LogP contribution is -2.27. The van der Waals surface area contributed by atoms with Gasteiger partial charge in [-0.25, -0.2) is 4.98 Å². The predicted octanol–water partition coefficient (Wildman–Crippen LogP) is 1.79. The average molecular weight is 263 g/mol. The van der Waals surface area contributed by atoms with Crippen molar-refractivity contribution in [2.75, 3.05) is 12.4 Å². The molecule has 18 heavy (non-hydrogen) atoms. The lowest BCUT2D eigenvalue weighted by atomic mass is 10.2. The summed E-state index contributed by atoms with van der Waals surface area (Å²) in [6, 6.07) is 6.66. The molecule has 0 saturated carbocycles. The van der Waals surface area contributed by atoms with Crippen LogP contribution >= 0.6 is 11.3 Å². The number of ether oxygens (including phenoxy) is 1. The van der Waals surface area contributed by atoms with Gasteiger partial charge in [0.2, 0.25) is 5.91 Å². The van der Waals surface area contributed by atoms with E-state index in [0.717, 1.165) is 5.69 Å². The van der Waals surface area contributed by atoms with Crippen molar-refractivity contribution in [2.24, 2.45) is 5.73 Å². The van der Waals surface area contributed by atoms with Crippen molar-refractivity contribution in [1.29, 1.82) is 0 Å². The Hall–Kier alpha value is -2.08. The van der Waals surface area contributed by atoms with Crippen molar-refractivity contribution < 1.29 is 9.53 Å². The third-order valence-corrected chi connectivity index (χ3v) is 3.02. The third-order valence-electron chi connectivity index (χ3n) is 2.41. The second-order valence-corrected chi connectivity index (χ2v) is 4.34. The number of carbonyl (C=O) groups excluding carboxylic acids is 1. The van der Waals surface area contributed by atoms with E-state index in [4.69, 9.17) is 10.5 Å². The third kappa shape index (κ3) is 2.78. The number of nitrogens with zero attached hydrogens (tertiary/aromatic N) is 1. The van der Waals surface area contributed by atoms with E-state index >= 15 is 0 Å². The number of anilines is 1. The summed E-state index contributed by atoms with van der Waals surface area (Å²) in [6.07, 6.45) is 0. The molecule has 0 aliphatic carbocycles. The van der Waals surface area contributed by atoms with Gasteiger partial charge in [-0.15, -0.1) is 11.3 Å². The van der Waals surface area contributed by atoms with Gasteiger partial charge >= 0.3 is 0 Å². The molecule has 2 rings (SSSR count). The molecule has 0 saturated heterocycles. The quantitative estimate of drug-likeness (QED) is 0.862. The Morgan fingerprint density at radius 2 is 2.39 bits per heavy atom. The molecule has 94 valence electrons. The van der Waals surface area contributed by atoms with Crippen LogP contribution in [-0.2, 0) is 4.79 Å². The van der Waals surface area contributed by atoms with Crippen LogP contribution in [0, 0.1) is 0 Å².